The number of hydrogen-bond donors (Lipinski definition) is 1. The van der Waals surface area contributed by atoms with Gasteiger partial charge in [-0.05, 0) is 49.8 Å². The standard InChI is InChI=1S/C16H22FNO3S/c1-2-22(20,21)18-10-12-5-4-8-16(19,15(12)11-18)13-6-3-7-14(17)9-13/h3,6-7,9,12,15,19H,2,4-5,8,10-11H2,1H3/t12-,15-,16+/m0/s1. The molecule has 0 bridgehead atoms. The Balaban J connectivity index is 1.94. The highest BCUT2D eigenvalue weighted by molar-refractivity contribution is 7.89. The van der Waals surface area contributed by atoms with Crippen LogP contribution in [0, 0.1) is 17.7 Å². The zero-order valence-corrected chi connectivity index (χ0v) is 13.5. The van der Waals surface area contributed by atoms with Gasteiger partial charge < -0.3 is 5.11 Å². The van der Waals surface area contributed by atoms with E-state index in [1.54, 1.807) is 19.1 Å². The highest BCUT2D eigenvalue weighted by Gasteiger charge is 2.51. The molecule has 122 valence electrons. The summed E-state index contributed by atoms with van der Waals surface area (Å²) in [4.78, 5) is 0. The molecule has 4 nitrogen and oxygen atoms in total. The minimum absolute atomic E-state index is 0.0742. The molecule has 1 heterocycles. The highest BCUT2D eigenvalue weighted by Crippen LogP contribution is 2.48. The Morgan fingerprint density at radius 1 is 1.41 bits per heavy atom. The first-order valence-corrected chi connectivity index (χ1v) is 9.44. The van der Waals surface area contributed by atoms with Crippen LogP contribution in [0.1, 0.15) is 31.7 Å². The van der Waals surface area contributed by atoms with Crippen LogP contribution in [0.2, 0.25) is 0 Å². The zero-order chi connectivity index (χ0) is 16.0. The lowest BCUT2D eigenvalue weighted by Crippen LogP contribution is -2.43. The number of fused-ring (bicyclic) bond motifs is 1. The lowest BCUT2D eigenvalue weighted by molar-refractivity contribution is -0.0642. The molecule has 1 N–H and O–H groups in total. The van der Waals surface area contributed by atoms with Crippen LogP contribution in [0.4, 0.5) is 4.39 Å². The molecule has 1 aromatic carbocycles. The number of rotatable bonds is 3. The number of benzene rings is 1. The van der Waals surface area contributed by atoms with Crippen molar-refractivity contribution in [1.29, 1.82) is 0 Å². The molecule has 1 saturated carbocycles. The van der Waals surface area contributed by atoms with Crippen molar-refractivity contribution in [3.05, 3.63) is 35.6 Å². The van der Waals surface area contributed by atoms with Crippen LogP contribution < -0.4 is 0 Å². The van der Waals surface area contributed by atoms with Crippen molar-refractivity contribution in [3.8, 4) is 0 Å². The van der Waals surface area contributed by atoms with Crippen molar-refractivity contribution in [2.24, 2.45) is 11.8 Å². The van der Waals surface area contributed by atoms with Gasteiger partial charge in [0.25, 0.3) is 0 Å². The van der Waals surface area contributed by atoms with Gasteiger partial charge in [-0.1, -0.05) is 12.1 Å². The second-order valence-corrected chi connectivity index (χ2v) is 8.67. The second kappa shape index (κ2) is 5.58. The van der Waals surface area contributed by atoms with Gasteiger partial charge in [-0.2, -0.15) is 0 Å². The monoisotopic (exact) mass is 327 g/mol. The molecule has 1 saturated heterocycles. The fraction of sp³-hybridized carbons (Fsp3) is 0.625. The molecule has 3 atom stereocenters. The third kappa shape index (κ3) is 2.57. The fourth-order valence-electron chi connectivity index (χ4n) is 4.01. The minimum Gasteiger partial charge on any atom is -0.385 e. The third-order valence-electron chi connectivity index (χ3n) is 5.24. The molecule has 0 unspecified atom stereocenters. The fourth-order valence-corrected chi connectivity index (χ4v) is 5.18. The summed E-state index contributed by atoms with van der Waals surface area (Å²) in [5, 5.41) is 11.2. The molecule has 1 aliphatic carbocycles. The van der Waals surface area contributed by atoms with Gasteiger partial charge in [0.05, 0.1) is 11.4 Å². The van der Waals surface area contributed by atoms with Gasteiger partial charge in [-0.3, -0.25) is 0 Å². The molecule has 1 aromatic rings. The first-order valence-electron chi connectivity index (χ1n) is 7.83. The lowest BCUT2D eigenvalue weighted by Gasteiger charge is -2.41. The predicted octanol–water partition coefficient (Wildman–Crippen LogP) is 2.09. The van der Waals surface area contributed by atoms with E-state index < -0.39 is 15.6 Å². The Bertz CT molecular complexity index is 663. The van der Waals surface area contributed by atoms with Crippen LogP contribution in [0.3, 0.4) is 0 Å². The number of aliphatic hydroxyl groups is 1. The van der Waals surface area contributed by atoms with Crippen LogP contribution in [-0.4, -0.2) is 36.7 Å². The molecule has 1 aliphatic heterocycles. The largest absolute Gasteiger partial charge is 0.385 e. The Morgan fingerprint density at radius 2 is 2.18 bits per heavy atom. The molecule has 2 aliphatic rings. The number of hydrogen-bond acceptors (Lipinski definition) is 3. The van der Waals surface area contributed by atoms with E-state index in [2.05, 4.69) is 0 Å². The Kier molecular flexibility index (Phi) is 4.03. The average Bonchev–Trinajstić information content (AvgIpc) is 2.94. The first kappa shape index (κ1) is 15.9. The van der Waals surface area contributed by atoms with Crippen LogP contribution in [0.5, 0.6) is 0 Å². The second-order valence-electron chi connectivity index (χ2n) is 6.41. The van der Waals surface area contributed by atoms with E-state index >= 15 is 0 Å². The quantitative estimate of drug-likeness (QED) is 0.925. The van der Waals surface area contributed by atoms with Crippen LogP contribution >= 0.6 is 0 Å². The van der Waals surface area contributed by atoms with Crippen molar-refractivity contribution in [2.75, 3.05) is 18.8 Å². The average molecular weight is 327 g/mol. The summed E-state index contributed by atoms with van der Waals surface area (Å²) in [5.74, 6) is -0.318. The molecule has 0 radical (unpaired) electrons. The third-order valence-corrected chi connectivity index (χ3v) is 7.05. The normalized spacial score (nSPS) is 32.9. The Hall–Kier alpha value is -0.980. The van der Waals surface area contributed by atoms with E-state index in [1.165, 1.54) is 16.4 Å². The van der Waals surface area contributed by atoms with Crippen LogP contribution in [-0.2, 0) is 15.6 Å². The minimum atomic E-state index is -3.25. The Labute approximate surface area is 131 Å². The van der Waals surface area contributed by atoms with Gasteiger partial charge in [0.15, 0.2) is 0 Å². The molecular weight excluding hydrogens is 305 g/mol. The van der Waals surface area contributed by atoms with Gasteiger partial charge in [0.1, 0.15) is 5.82 Å². The van der Waals surface area contributed by atoms with Gasteiger partial charge in [-0.15, -0.1) is 0 Å². The van der Waals surface area contributed by atoms with Gasteiger partial charge in [0.2, 0.25) is 10.0 Å². The summed E-state index contributed by atoms with van der Waals surface area (Å²) >= 11 is 0. The van der Waals surface area contributed by atoms with E-state index in [0.29, 0.717) is 25.1 Å². The molecule has 22 heavy (non-hydrogen) atoms. The van der Waals surface area contributed by atoms with Crippen molar-refractivity contribution in [1.82, 2.24) is 4.31 Å². The molecule has 0 amide bonds. The number of sulfonamides is 1. The Morgan fingerprint density at radius 3 is 2.86 bits per heavy atom. The van der Waals surface area contributed by atoms with Gasteiger partial charge >= 0.3 is 0 Å². The van der Waals surface area contributed by atoms with E-state index in [1.807, 2.05) is 0 Å². The van der Waals surface area contributed by atoms with E-state index in [4.69, 9.17) is 0 Å². The number of halogens is 1. The smallest absolute Gasteiger partial charge is 0.213 e. The molecule has 0 spiro atoms. The van der Waals surface area contributed by atoms with Crippen LogP contribution in [0.25, 0.3) is 0 Å². The highest BCUT2D eigenvalue weighted by atomic mass is 32.2. The van der Waals surface area contributed by atoms with Gasteiger partial charge in [-0.25, -0.2) is 17.1 Å². The molecule has 6 heteroatoms. The number of nitrogens with zero attached hydrogens (tertiary/aromatic N) is 1. The zero-order valence-electron chi connectivity index (χ0n) is 12.7. The predicted molar refractivity (Wildman–Crippen MR) is 82.2 cm³/mol. The van der Waals surface area contributed by atoms with Crippen molar-refractivity contribution < 1.29 is 17.9 Å². The summed E-state index contributed by atoms with van der Waals surface area (Å²) in [6, 6.07) is 6.07. The van der Waals surface area contributed by atoms with Crippen molar-refractivity contribution in [2.45, 2.75) is 31.8 Å². The van der Waals surface area contributed by atoms with Crippen molar-refractivity contribution in [3.63, 3.8) is 0 Å². The van der Waals surface area contributed by atoms with E-state index in [-0.39, 0.29) is 23.4 Å². The van der Waals surface area contributed by atoms with E-state index in [0.717, 1.165) is 12.8 Å². The molecular formula is C16H22FNO3S. The van der Waals surface area contributed by atoms with Crippen LogP contribution in [0.15, 0.2) is 24.3 Å². The summed E-state index contributed by atoms with van der Waals surface area (Å²) in [7, 11) is -3.25. The maximum absolute atomic E-state index is 13.5. The maximum atomic E-state index is 13.5. The van der Waals surface area contributed by atoms with E-state index in [9.17, 15) is 17.9 Å². The first-order chi connectivity index (χ1) is 10.4. The van der Waals surface area contributed by atoms with Crippen molar-refractivity contribution >= 4 is 10.0 Å². The maximum Gasteiger partial charge on any atom is 0.213 e. The molecule has 0 aromatic heterocycles. The summed E-state index contributed by atoms with van der Waals surface area (Å²) in [6.45, 7) is 2.43. The summed E-state index contributed by atoms with van der Waals surface area (Å²) < 4.78 is 39.3. The topological polar surface area (TPSA) is 57.6 Å². The summed E-state index contributed by atoms with van der Waals surface area (Å²) in [5.41, 5.74) is -0.568. The summed E-state index contributed by atoms with van der Waals surface area (Å²) in [6.07, 6.45) is 2.30. The SMILES string of the molecule is CCS(=O)(=O)N1C[C@@H]2CCC[C@@](O)(c3cccc(F)c3)[C@H]2C1. The lowest BCUT2D eigenvalue weighted by atomic mass is 9.67. The molecule has 2 fully saturated rings. The van der Waals surface area contributed by atoms with Gasteiger partial charge in [0, 0.05) is 19.0 Å². The molecule has 3 rings (SSSR count).